The number of carbonyl (C=O) groups is 1. The molecule has 1 heterocycles. The van der Waals surface area contributed by atoms with Crippen LogP contribution in [0.15, 0.2) is 54.7 Å². The smallest absolute Gasteiger partial charge is 0.303 e. The molecule has 0 bridgehead atoms. The molecule has 0 radical (unpaired) electrons. The zero-order chi connectivity index (χ0) is 22.2. The molecule has 0 saturated carbocycles. The third-order valence-electron chi connectivity index (χ3n) is 5.20. The van der Waals surface area contributed by atoms with Gasteiger partial charge in [0, 0.05) is 17.5 Å². The maximum atomic E-state index is 10.8. The Bertz CT molecular complexity index is 1060. The fourth-order valence-electron chi connectivity index (χ4n) is 3.52. The van der Waals surface area contributed by atoms with Crippen molar-refractivity contribution in [3.05, 3.63) is 71.5 Å². The predicted molar refractivity (Wildman–Crippen MR) is 119 cm³/mol. The number of carboxylic acids is 1. The summed E-state index contributed by atoms with van der Waals surface area (Å²) in [6.07, 6.45) is 3.36. The number of hydrogen-bond acceptors (Lipinski definition) is 4. The number of nitrogens with zero attached hydrogens (tertiary/aromatic N) is 3. The topological polar surface area (TPSA) is 88.1 Å². The number of aromatic nitrogens is 2. The number of rotatable bonds is 10. The highest BCUT2D eigenvalue weighted by molar-refractivity contribution is 5.66. The maximum absolute atomic E-state index is 10.8. The third-order valence-corrected chi connectivity index (χ3v) is 5.20. The van der Waals surface area contributed by atoms with E-state index in [1.54, 1.807) is 6.20 Å². The Hall–Kier alpha value is -3.59. The lowest BCUT2D eigenvalue weighted by Gasteiger charge is -2.15. The van der Waals surface area contributed by atoms with Crippen LogP contribution in [0.4, 0.5) is 0 Å². The van der Waals surface area contributed by atoms with Gasteiger partial charge >= 0.3 is 5.97 Å². The molecule has 1 atom stereocenters. The van der Waals surface area contributed by atoms with E-state index in [2.05, 4.69) is 11.1 Å². The number of hydrogen-bond donors (Lipinski definition) is 1. The fraction of sp³-hybridized carbons (Fsp3) is 0.320. The third kappa shape index (κ3) is 5.95. The molecule has 0 amide bonds. The number of benzene rings is 2. The van der Waals surface area contributed by atoms with Gasteiger partial charge in [-0.1, -0.05) is 55.0 Å². The molecule has 31 heavy (non-hydrogen) atoms. The van der Waals surface area contributed by atoms with Crippen molar-refractivity contribution >= 4 is 5.97 Å². The summed E-state index contributed by atoms with van der Waals surface area (Å²) in [6.45, 7) is 4.96. The predicted octanol–water partition coefficient (Wildman–Crippen LogP) is 5.05. The molecule has 3 rings (SSSR count). The number of imidazole rings is 1. The summed E-state index contributed by atoms with van der Waals surface area (Å²) >= 11 is 0. The summed E-state index contributed by atoms with van der Waals surface area (Å²) in [7, 11) is 0. The van der Waals surface area contributed by atoms with Gasteiger partial charge in [-0.2, -0.15) is 5.26 Å². The van der Waals surface area contributed by atoms with Gasteiger partial charge in [0.2, 0.25) is 0 Å². The standard InChI is InChI=1S/C25H27N3O3/c1-18-9-11-20(12-10-18)25-27-16-22(15-26)28(25)17-21-7-3-4-8-23(21)31-13-5-6-19(2)14-24(29)30/h3-4,7-12,16,19H,5-6,13-14,17H2,1-2H3,(H,29,30)/t19-/m1/s1. The second kappa shape index (κ2) is 10.4. The van der Waals surface area contributed by atoms with Crippen LogP contribution in [-0.4, -0.2) is 27.2 Å². The number of nitriles is 1. The molecule has 6 nitrogen and oxygen atoms in total. The van der Waals surface area contributed by atoms with E-state index in [-0.39, 0.29) is 12.3 Å². The molecule has 0 aliphatic carbocycles. The first-order chi connectivity index (χ1) is 15.0. The lowest BCUT2D eigenvalue weighted by atomic mass is 10.0. The summed E-state index contributed by atoms with van der Waals surface area (Å²) < 4.78 is 7.92. The Balaban J connectivity index is 1.74. The average molecular weight is 418 g/mol. The van der Waals surface area contributed by atoms with Gasteiger partial charge in [0.1, 0.15) is 23.3 Å². The normalized spacial score (nSPS) is 11.6. The van der Waals surface area contributed by atoms with Crippen LogP contribution in [0.2, 0.25) is 0 Å². The molecule has 1 N–H and O–H groups in total. The van der Waals surface area contributed by atoms with Crippen molar-refractivity contribution in [2.24, 2.45) is 5.92 Å². The van der Waals surface area contributed by atoms with E-state index in [9.17, 15) is 10.1 Å². The quantitative estimate of drug-likeness (QED) is 0.467. The molecule has 1 aromatic heterocycles. The molecule has 0 unspecified atom stereocenters. The molecule has 6 heteroatoms. The van der Waals surface area contributed by atoms with Crippen LogP contribution < -0.4 is 4.74 Å². The van der Waals surface area contributed by atoms with Crippen LogP contribution in [0.3, 0.4) is 0 Å². The number of aliphatic carboxylic acids is 1. The zero-order valence-corrected chi connectivity index (χ0v) is 17.9. The molecule has 0 spiro atoms. The van der Waals surface area contributed by atoms with E-state index in [1.807, 2.05) is 66.9 Å². The Morgan fingerprint density at radius 2 is 1.97 bits per heavy atom. The van der Waals surface area contributed by atoms with Crippen LogP contribution in [0.5, 0.6) is 5.75 Å². The molecule has 2 aromatic carbocycles. The van der Waals surface area contributed by atoms with Crippen molar-refractivity contribution in [2.75, 3.05) is 6.61 Å². The first kappa shape index (κ1) is 22.1. The highest BCUT2D eigenvalue weighted by Gasteiger charge is 2.14. The number of carboxylic acid groups (broad SMARTS) is 1. The van der Waals surface area contributed by atoms with E-state index in [4.69, 9.17) is 9.84 Å². The summed E-state index contributed by atoms with van der Waals surface area (Å²) in [4.78, 5) is 15.3. The monoisotopic (exact) mass is 417 g/mol. The van der Waals surface area contributed by atoms with E-state index in [1.165, 1.54) is 5.56 Å². The van der Waals surface area contributed by atoms with Crippen molar-refractivity contribution in [2.45, 2.75) is 39.7 Å². The minimum Gasteiger partial charge on any atom is -0.493 e. The van der Waals surface area contributed by atoms with Gasteiger partial charge in [0.15, 0.2) is 0 Å². The van der Waals surface area contributed by atoms with Gasteiger partial charge in [-0.15, -0.1) is 0 Å². The average Bonchev–Trinajstić information content (AvgIpc) is 3.15. The molecule has 0 aliphatic rings. The maximum Gasteiger partial charge on any atom is 0.303 e. The van der Waals surface area contributed by atoms with Crippen molar-refractivity contribution in [1.29, 1.82) is 5.26 Å². The number of aryl methyl sites for hydroxylation is 1. The largest absolute Gasteiger partial charge is 0.493 e. The lowest BCUT2D eigenvalue weighted by molar-refractivity contribution is -0.138. The highest BCUT2D eigenvalue weighted by atomic mass is 16.5. The van der Waals surface area contributed by atoms with Crippen LogP contribution >= 0.6 is 0 Å². The van der Waals surface area contributed by atoms with Gasteiger partial charge < -0.3 is 14.4 Å². The van der Waals surface area contributed by atoms with E-state index >= 15 is 0 Å². The second-order valence-electron chi connectivity index (χ2n) is 7.83. The summed E-state index contributed by atoms with van der Waals surface area (Å²) in [5.74, 6) is 0.865. The van der Waals surface area contributed by atoms with Crippen LogP contribution in [0.25, 0.3) is 11.4 Å². The van der Waals surface area contributed by atoms with Gasteiger partial charge in [-0.3, -0.25) is 4.79 Å². The number of para-hydroxylation sites is 1. The van der Waals surface area contributed by atoms with Crippen molar-refractivity contribution in [1.82, 2.24) is 9.55 Å². The van der Waals surface area contributed by atoms with E-state index in [0.29, 0.717) is 18.8 Å². The number of ether oxygens (including phenoxy) is 1. The summed E-state index contributed by atoms with van der Waals surface area (Å²) in [5.41, 5.74) is 3.58. The van der Waals surface area contributed by atoms with E-state index < -0.39 is 5.97 Å². The first-order valence-electron chi connectivity index (χ1n) is 10.4. The minimum absolute atomic E-state index is 0.123. The summed E-state index contributed by atoms with van der Waals surface area (Å²) in [5, 5.41) is 18.5. The van der Waals surface area contributed by atoms with Crippen LogP contribution in [-0.2, 0) is 11.3 Å². The Kier molecular flexibility index (Phi) is 7.45. The molecule has 0 fully saturated rings. The Labute approximate surface area is 182 Å². The van der Waals surface area contributed by atoms with Gasteiger partial charge in [-0.25, -0.2) is 4.98 Å². The fourth-order valence-corrected chi connectivity index (χ4v) is 3.52. The Morgan fingerprint density at radius 3 is 2.68 bits per heavy atom. The molecule has 0 saturated heterocycles. The van der Waals surface area contributed by atoms with Crippen molar-refractivity contribution < 1.29 is 14.6 Å². The van der Waals surface area contributed by atoms with Gasteiger partial charge in [0.25, 0.3) is 0 Å². The zero-order valence-electron chi connectivity index (χ0n) is 17.9. The van der Waals surface area contributed by atoms with Crippen LogP contribution in [0, 0.1) is 24.2 Å². The SMILES string of the molecule is Cc1ccc(-c2ncc(C#N)n2Cc2ccccc2OCCC[C@@H](C)CC(=O)O)cc1. The molecule has 0 aliphatic heterocycles. The van der Waals surface area contributed by atoms with Crippen molar-refractivity contribution in [3.63, 3.8) is 0 Å². The second-order valence-corrected chi connectivity index (χ2v) is 7.83. The first-order valence-corrected chi connectivity index (χ1v) is 10.4. The van der Waals surface area contributed by atoms with Gasteiger partial charge in [-0.05, 0) is 31.7 Å². The molecular formula is C25H27N3O3. The Morgan fingerprint density at radius 1 is 1.23 bits per heavy atom. The highest BCUT2D eigenvalue weighted by Crippen LogP contribution is 2.25. The van der Waals surface area contributed by atoms with E-state index in [0.717, 1.165) is 35.5 Å². The van der Waals surface area contributed by atoms with Gasteiger partial charge in [0.05, 0.1) is 19.3 Å². The lowest BCUT2D eigenvalue weighted by Crippen LogP contribution is -2.09. The summed E-state index contributed by atoms with van der Waals surface area (Å²) in [6, 6.07) is 18.1. The minimum atomic E-state index is -0.767. The molecule has 3 aromatic rings. The molecule has 160 valence electrons. The molecular weight excluding hydrogens is 390 g/mol. The van der Waals surface area contributed by atoms with Crippen LogP contribution in [0.1, 0.15) is 43.0 Å². The van der Waals surface area contributed by atoms with Crippen molar-refractivity contribution in [3.8, 4) is 23.2 Å².